The van der Waals surface area contributed by atoms with Crippen molar-refractivity contribution in [2.24, 2.45) is 11.8 Å². The monoisotopic (exact) mass is 719 g/mol. The summed E-state index contributed by atoms with van der Waals surface area (Å²) in [4.78, 5) is 16.7. The van der Waals surface area contributed by atoms with Crippen LogP contribution in [0.5, 0.6) is 0 Å². The van der Waals surface area contributed by atoms with Crippen LogP contribution in [-0.2, 0) is 27.4 Å². The van der Waals surface area contributed by atoms with E-state index in [-0.39, 0.29) is 36.2 Å². The highest BCUT2D eigenvalue weighted by Gasteiger charge is 2.58. The number of amides is 1. The number of aliphatic hydroxyl groups excluding tert-OH is 5. The number of nitrogens with zero attached hydrogens (tertiary/aromatic N) is 6. The average Bonchev–Trinajstić information content (AvgIpc) is 3.78. The van der Waals surface area contributed by atoms with E-state index >= 15 is 0 Å². The van der Waals surface area contributed by atoms with Gasteiger partial charge in [0.2, 0.25) is 5.91 Å². The van der Waals surface area contributed by atoms with Gasteiger partial charge in [-0.25, -0.2) is 4.68 Å². The van der Waals surface area contributed by atoms with Gasteiger partial charge in [0.15, 0.2) is 0 Å². The largest absolute Gasteiger partial charge is 0.394 e. The maximum absolute atomic E-state index is 13.0. The summed E-state index contributed by atoms with van der Waals surface area (Å²) < 4.78 is 14.3. The minimum Gasteiger partial charge on any atom is -0.394 e. The molecule has 6 N–H and O–H groups in total. The first kappa shape index (κ1) is 39.9. The van der Waals surface area contributed by atoms with E-state index in [2.05, 4.69) is 28.6 Å². The Morgan fingerprint density at radius 1 is 1.10 bits per heavy atom. The second-order valence-electron chi connectivity index (χ2n) is 15.7. The highest BCUT2D eigenvalue weighted by molar-refractivity contribution is 5.79. The molecule has 51 heavy (non-hydrogen) atoms. The summed E-state index contributed by atoms with van der Waals surface area (Å²) in [7, 11) is 0. The van der Waals surface area contributed by atoms with Gasteiger partial charge in [-0.05, 0) is 76.2 Å². The molecular formula is C36H61N7O8. The Kier molecular flexibility index (Phi) is 14.6. The minimum absolute atomic E-state index is 0.0311. The minimum atomic E-state index is -1.67. The van der Waals surface area contributed by atoms with E-state index in [0.29, 0.717) is 63.5 Å². The van der Waals surface area contributed by atoms with Crippen LogP contribution in [0.15, 0.2) is 6.20 Å². The fourth-order valence-electron chi connectivity index (χ4n) is 9.38. The smallest absolute Gasteiger partial charge is 0.237 e. The zero-order valence-corrected chi connectivity index (χ0v) is 30.3. The lowest BCUT2D eigenvalue weighted by molar-refractivity contribution is -0.182. The first-order valence-corrected chi connectivity index (χ1v) is 19.2. The van der Waals surface area contributed by atoms with E-state index in [1.807, 2.05) is 11.1 Å². The third-order valence-electron chi connectivity index (χ3n) is 11.5. The molecule has 1 amide bonds. The number of hydrogen-bond donors (Lipinski definition) is 6. The molecule has 4 bridgehead atoms. The summed E-state index contributed by atoms with van der Waals surface area (Å²) in [5.74, 6) is 1.23. The number of unbranched alkanes of at least 4 members (excludes halogenated alkanes) is 3. The Hall–Kier alpha value is -2.26. The Balaban J connectivity index is 1.04. The van der Waals surface area contributed by atoms with Crippen LogP contribution in [0.2, 0.25) is 0 Å². The summed E-state index contributed by atoms with van der Waals surface area (Å²) in [5, 5.41) is 71.4. The number of aromatic nitrogens is 3. The summed E-state index contributed by atoms with van der Waals surface area (Å²) in [5.41, 5.74) is 0.429. The average molecular weight is 720 g/mol. The molecule has 7 atom stereocenters. The van der Waals surface area contributed by atoms with Crippen molar-refractivity contribution in [1.82, 2.24) is 30.1 Å². The van der Waals surface area contributed by atoms with Crippen LogP contribution in [0.25, 0.3) is 0 Å². The summed E-state index contributed by atoms with van der Waals surface area (Å²) in [6.07, 6.45) is 7.84. The molecule has 5 aliphatic rings. The standard InChI is InChI=1S/C36H61N7O8/c1-2-3-4-5-8-41(23-30(45)33(48)34(49)31(46)24-44)21-28-22-42(40-39-28)10-11-50-12-13-51-36-17-26-14-27(18-36)16-35(15-26,25-36)38-20-32(47)43-9-6-7-29(43)19-37/h22,26-27,29-31,33-34,38,44-46,48-49H,2-18,20-21,23-25H2,1H3/t26?,27?,29-,30-,31+,33+,34+,35?,36?/m0/s1. The van der Waals surface area contributed by atoms with E-state index in [1.54, 1.807) is 9.58 Å². The van der Waals surface area contributed by atoms with Crippen LogP contribution in [0.4, 0.5) is 0 Å². The van der Waals surface area contributed by atoms with Gasteiger partial charge in [-0.2, -0.15) is 5.26 Å². The molecule has 4 aliphatic carbocycles. The summed E-state index contributed by atoms with van der Waals surface area (Å²) in [6.45, 7) is 5.36. The Labute approximate surface area is 301 Å². The Morgan fingerprint density at radius 2 is 1.86 bits per heavy atom. The van der Waals surface area contributed by atoms with E-state index in [9.17, 15) is 30.5 Å². The fraction of sp³-hybridized carbons (Fsp3) is 0.889. The maximum Gasteiger partial charge on any atom is 0.237 e. The van der Waals surface area contributed by atoms with Gasteiger partial charge in [-0.1, -0.05) is 31.4 Å². The van der Waals surface area contributed by atoms with Crippen LogP contribution < -0.4 is 5.32 Å². The van der Waals surface area contributed by atoms with Crippen molar-refractivity contribution in [3.8, 4) is 6.07 Å². The van der Waals surface area contributed by atoms with Crippen LogP contribution in [0, 0.1) is 23.2 Å². The van der Waals surface area contributed by atoms with Crippen molar-refractivity contribution in [3.63, 3.8) is 0 Å². The molecule has 5 fully saturated rings. The molecule has 0 aromatic carbocycles. The third-order valence-corrected chi connectivity index (χ3v) is 11.5. The zero-order chi connectivity index (χ0) is 36.4. The van der Waals surface area contributed by atoms with Crippen molar-refractivity contribution in [2.45, 2.75) is 139 Å². The molecule has 2 unspecified atom stereocenters. The second-order valence-corrected chi connectivity index (χ2v) is 15.7. The SMILES string of the molecule is CCCCCCN(Cc1cn(CCOCCOC23CC4CC(CC(NCC(=O)N5CCC[C@H]5C#N)(C4)C2)C3)nn1)C[C@H](O)[C@@H](O)[C@H](O)[C@H](O)CO. The van der Waals surface area contributed by atoms with Crippen LogP contribution >= 0.6 is 0 Å². The molecule has 2 heterocycles. The molecule has 15 heteroatoms. The van der Waals surface area contributed by atoms with Crippen molar-refractivity contribution in [1.29, 1.82) is 5.26 Å². The zero-order valence-electron chi connectivity index (χ0n) is 30.3. The van der Waals surface area contributed by atoms with Gasteiger partial charge in [0, 0.05) is 31.4 Å². The van der Waals surface area contributed by atoms with Crippen LogP contribution in [0.1, 0.15) is 89.7 Å². The second kappa shape index (κ2) is 18.7. The van der Waals surface area contributed by atoms with Crippen molar-refractivity contribution in [2.75, 3.05) is 52.6 Å². The van der Waals surface area contributed by atoms with Crippen LogP contribution in [-0.4, -0.2) is 150 Å². The molecule has 1 aromatic heterocycles. The number of nitriles is 1. The molecule has 0 spiro atoms. The number of hydrogen-bond acceptors (Lipinski definition) is 13. The molecule has 6 rings (SSSR count). The van der Waals surface area contributed by atoms with Crippen LogP contribution in [0.3, 0.4) is 0 Å². The molecule has 4 saturated carbocycles. The molecule has 1 aliphatic heterocycles. The number of carbonyl (C=O) groups is 1. The molecule has 15 nitrogen and oxygen atoms in total. The number of carbonyl (C=O) groups excluding carboxylic acids is 1. The molecule has 1 saturated heterocycles. The Morgan fingerprint density at radius 3 is 2.59 bits per heavy atom. The normalized spacial score (nSPS) is 29.4. The van der Waals surface area contributed by atoms with Gasteiger partial charge in [0.05, 0.1) is 63.0 Å². The van der Waals surface area contributed by atoms with Gasteiger partial charge in [0.25, 0.3) is 0 Å². The Bertz CT molecular complexity index is 1260. The quantitative estimate of drug-likeness (QED) is 0.0844. The van der Waals surface area contributed by atoms with Gasteiger partial charge in [-0.3, -0.25) is 9.69 Å². The van der Waals surface area contributed by atoms with Crippen molar-refractivity contribution >= 4 is 5.91 Å². The van der Waals surface area contributed by atoms with Gasteiger partial charge in [-0.15, -0.1) is 5.10 Å². The summed E-state index contributed by atoms with van der Waals surface area (Å²) >= 11 is 0. The van der Waals surface area contributed by atoms with E-state index in [1.165, 1.54) is 6.42 Å². The van der Waals surface area contributed by atoms with E-state index in [4.69, 9.17) is 14.6 Å². The fourth-order valence-corrected chi connectivity index (χ4v) is 9.38. The van der Waals surface area contributed by atoms with E-state index < -0.39 is 31.0 Å². The maximum atomic E-state index is 13.0. The highest BCUT2D eigenvalue weighted by atomic mass is 16.5. The predicted octanol–water partition coefficient (Wildman–Crippen LogP) is 0.325. The number of nitrogens with one attached hydrogen (secondary N) is 1. The topological polar surface area (TPSA) is 210 Å². The van der Waals surface area contributed by atoms with Gasteiger partial charge >= 0.3 is 0 Å². The lowest BCUT2D eigenvalue weighted by Crippen LogP contribution is -2.66. The lowest BCUT2D eigenvalue weighted by atomic mass is 9.51. The molecule has 288 valence electrons. The van der Waals surface area contributed by atoms with Gasteiger partial charge < -0.3 is 45.2 Å². The first-order valence-electron chi connectivity index (χ1n) is 19.2. The highest BCUT2D eigenvalue weighted by Crippen LogP contribution is 2.58. The number of rotatable bonds is 23. The molecular weight excluding hydrogens is 658 g/mol. The molecule has 1 aromatic rings. The van der Waals surface area contributed by atoms with Crippen molar-refractivity contribution in [3.05, 3.63) is 11.9 Å². The number of likely N-dealkylation sites (tertiary alicyclic amines) is 1. The number of ether oxygens (including phenoxy) is 2. The number of aliphatic hydroxyl groups is 5. The van der Waals surface area contributed by atoms with Crippen molar-refractivity contribution < 1.29 is 39.8 Å². The third kappa shape index (κ3) is 10.7. The van der Waals surface area contributed by atoms with Gasteiger partial charge in [0.1, 0.15) is 24.4 Å². The predicted molar refractivity (Wildman–Crippen MR) is 186 cm³/mol. The molecule has 0 radical (unpaired) electrons. The lowest BCUT2D eigenvalue weighted by Gasteiger charge is -2.62. The van der Waals surface area contributed by atoms with E-state index in [0.717, 1.165) is 70.6 Å². The summed E-state index contributed by atoms with van der Waals surface area (Å²) in [6, 6.07) is 1.98. The first-order chi connectivity index (χ1) is 24.6.